The van der Waals surface area contributed by atoms with Gasteiger partial charge in [0, 0.05) is 17.8 Å². The summed E-state index contributed by atoms with van der Waals surface area (Å²) in [5.41, 5.74) is 1.50. The lowest BCUT2D eigenvalue weighted by Crippen LogP contribution is -2.23. The Balaban J connectivity index is 1.75. The molecule has 0 unspecified atom stereocenters. The Morgan fingerprint density at radius 3 is 2.38 bits per heavy atom. The molecule has 1 fully saturated rings. The van der Waals surface area contributed by atoms with E-state index in [1.54, 1.807) is 0 Å². The third-order valence-electron chi connectivity index (χ3n) is 4.96. The molecule has 26 heavy (non-hydrogen) atoms. The van der Waals surface area contributed by atoms with Gasteiger partial charge < -0.3 is 5.32 Å². The molecule has 0 aliphatic heterocycles. The Bertz CT molecular complexity index is 891. The lowest BCUT2D eigenvalue weighted by molar-refractivity contribution is -0.137. The van der Waals surface area contributed by atoms with Gasteiger partial charge in [0.05, 0.1) is 5.56 Å². The van der Waals surface area contributed by atoms with Crippen LogP contribution in [0.3, 0.4) is 0 Å². The van der Waals surface area contributed by atoms with Crippen molar-refractivity contribution in [3.05, 3.63) is 54.2 Å². The summed E-state index contributed by atoms with van der Waals surface area (Å²) in [7, 11) is 0. The SMILES string of the molecule is FC(F)(F)c1ccc(-c2nc3ccccn3c2NC2CCCCC2)cc1. The fourth-order valence-electron chi connectivity index (χ4n) is 3.59. The van der Waals surface area contributed by atoms with Crippen LogP contribution in [0, 0.1) is 0 Å². The molecule has 3 aromatic rings. The average Bonchev–Trinajstić information content (AvgIpc) is 3.01. The van der Waals surface area contributed by atoms with Crippen molar-refractivity contribution in [2.45, 2.75) is 44.3 Å². The summed E-state index contributed by atoms with van der Waals surface area (Å²) in [5.74, 6) is 0.854. The van der Waals surface area contributed by atoms with Gasteiger partial charge in [-0.1, -0.05) is 37.5 Å². The van der Waals surface area contributed by atoms with Crippen molar-refractivity contribution >= 4 is 11.5 Å². The maximum Gasteiger partial charge on any atom is 0.416 e. The molecule has 0 amide bonds. The van der Waals surface area contributed by atoms with Crippen molar-refractivity contribution in [3.63, 3.8) is 0 Å². The number of pyridine rings is 1. The first-order chi connectivity index (χ1) is 12.5. The molecule has 1 aromatic carbocycles. The van der Waals surface area contributed by atoms with Crippen LogP contribution in [0.25, 0.3) is 16.9 Å². The van der Waals surface area contributed by atoms with E-state index in [1.165, 1.54) is 31.4 Å². The number of rotatable bonds is 3. The minimum absolute atomic E-state index is 0.372. The number of fused-ring (bicyclic) bond motifs is 1. The fraction of sp³-hybridized carbons (Fsp3) is 0.350. The van der Waals surface area contributed by atoms with Gasteiger partial charge in [0.2, 0.25) is 0 Å². The van der Waals surface area contributed by atoms with Crippen LogP contribution in [0.15, 0.2) is 48.7 Å². The fourth-order valence-corrected chi connectivity index (χ4v) is 3.59. The first-order valence-electron chi connectivity index (χ1n) is 8.93. The van der Waals surface area contributed by atoms with Crippen LogP contribution in [0.4, 0.5) is 19.0 Å². The van der Waals surface area contributed by atoms with Crippen LogP contribution < -0.4 is 5.32 Å². The van der Waals surface area contributed by atoms with E-state index in [1.807, 2.05) is 28.8 Å². The van der Waals surface area contributed by atoms with Crippen molar-refractivity contribution in [1.29, 1.82) is 0 Å². The topological polar surface area (TPSA) is 29.3 Å². The second-order valence-electron chi connectivity index (χ2n) is 6.79. The molecule has 1 aliphatic rings. The van der Waals surface area contributed by atoms with Crippen LogP contribution in [0.1, 0.15) is 37.7 Å². The number of anilines is 1. The minimum atomic E-state index is -4.33. The Morgan fingerprint density at radius 2 is 1.69 bits per heavy atom. The molecule has 0 bridgehead atoms. The van der Waals surface area contributed by atoms with E-state index in [4.69, 9.17) is 0 Å². The molecule has 4 rings (SSSR count). The van der Waals surface area contributed by atoms with Crippen LogP contribution in [-0.4, -0.2) is 15.4 Å². The maximum atomic E-state index is 12.8. The predicted molar refractivity (Wildman–Crippen MR) is 96.1 cm³/mol. The van der Waals surface area contributed by atoms with Gasteiger partial charge in [0.15, 0.2) is 0 Å². The second-order valence-corrected chi connectivity index (χ2v) is 6.79. The Labute approximate surface area is 149 Å². The van der Waals surface area contributed by atoms with Gasteiger partial charge in [-0.05, 0) is 37.1 Å². The first kappa shape index (κ1) is 16.9. The summed E-state index contributed by atoms with van der Waals surface area (Å²) < 4.78 is 40.5. The highest BCUT2D eigenvalue weighted by atomic mass is 19.4. The van der Waals surface area contributed by atoms with E-state index in [2.05, 4.69) is 10.3 Å². The monoisotopic (exact) mass is 359 g/mol. The normalized spacial score (nSPS) is 16.1. The maximum absolute atomic E-state index is 12.8. The largest absolute Gasteiger partial charge is 0.416 e. The molecule has 3 nitrogen and oxygen atoms in total. The molecular formula is C20H20F3N3. The molecule has 0 atom stereocenters. The predicted octanol–water partition coefficient (Wildman–Crippen LogP) is 5.76. The molecule has 6 heteroatoms. The van der Waals surface area contributed by atoms with Crippen LogP contribution in [0.2, 0.25) is 0 Å². The van der Waals surface area contributed by atoms with Gasteiger partial charge in [-0.3, -0.25) is 4.40 Å². The van der Waals surface area contributed by atoms with Crippen LogP contribution in [0.5, 0.6) is 0 Å². The quantitative estimate of drug-likeness (QED) is 0.644. The van der Waals surface area contributed by atoms with Crippen LogP contribution >= 0.6 is 0 Å². The zero-order valence-corrected chi connectivity index (χ0v) is 14.3. The van der Waals surface area contributed by atoms with Gasteiger partial charge in [0.1, 0.15) is 17.2 Å². The smallest absolute Gasteiger partial charge is 0.367 e. The second kappa shape index (κ2) is 6.67. The molecule has 0 saturated heterocycles. The molecule has 2 aromatic heterocycles. The number of hydrogen-bond acceptors (Lipinski definition) is 2. The number of halogens is 3. The Morgan fingerprint density at radius 1 is 0.962 bits per heavy atom. The van der Waals surface area contributed by atoms with E-state index in [0.29, 0.717) is 17.3 Å². The van der Waals surface area contributed by atoms with Gasteiger partial charge in [-0.15, -0.1) is 0 Å². The minimum Gasteiger partial charge on any atom is -0.367 e. The van der Waals surface area contributed by atoms with Crippen molar-refractivity contribution in [3.8, 4) is 11.3 Å². The van der Waals surface area contributed by atoms with E-state index in [-0.39, 0.29) is 0 Å². The Hall–Kier alpha value is -2.50. The number of hydrogen-bond donors (Lipinski definition) is 1. The van der Waals surface area contributed by atoms with Gasteiger partial charge >= 0.3 is 6.18 Å². The number of aromatic nitrogens is 2. The van der Waals surface area contributed by atoms with Gasteiger partial charge in [0.25, 0.3) is 0 Å². The van der Waals surface area contributed by atoms with Crippen molar-refractivity contribution in [2.75, 3.05) is 5.32 Å². The number of nitrogens with one attached hydrogen (secondary N) is 1. The summed E-state index contributed by atoms with van der Waals surface area (Å²) in [6, 6.07) is 11.3. The lowest BCUT2D eigenvalue weighted by atomic mass is 9.95. The van der Waals surface area contributed by atoms with Crippen LogP contribution in [-0.2, 0) is 6.18 Å². The Kier molecular flexibility index (Phi) is 4.34. The summed E-state index contributed by atoms with van der Waals surface area (Å²) >= 11 is 0. The summed E-state index contributed by atoms with van der Waals surface area (Å²) in [5, 5.41) is 3.59. The molecule has 0 spiro atoms. The molecule has 2 heterocycles. The van der Waals surface area contributed by atoms with Crippen molar-refractivity contribution < 1.29 is 13.2 Å². The average molecular weight is 359 g/mol. The summed E-state index contributed by atoms with van der Waals surface area (Å²) in [6.07, 6.45) is 3.46. The van der Waals surface area contributed by atoms with Crippen molar-refractivity contribution in [2.24, 2.45) is 0 Å². The third-order valence-corrected chi connectivity index (χ3v) is 4.96. The van der Waals surface area contributed by atoms with E-state index < -0.39 is 11.7 Å². The molecule has 1 aliphatic carbocycles. The van der Waals surface area contributed by atoms with E-state index in [0.717, 1.165) is 36.4 Å². The zero-order chi connectivity index (χ0) is 18.1. The summed E-state index contributed by atoms with van der Waals surface area (Å²) in [6.45, 7) is 0. The van der Waals surface area contributed by atoms with E-state index >= 15 is 0 Å². The number of alkyl halides is 3. The molecular weight excluding hydrogens is 339 g/mol. The van der Waals surface area contributed by atoms with Crippen molar-refractivity contribution in [1.82, 2.24) is 9.38 Å². The number of nitrogens with zero attached hydrogens (tertiary/aromatic N) is 2. The molecule has 136 valence electrons. The highest BCUT2D eigenvalue weighted by Gasteiger charge is 2.30. The third kappa shape index (κ3) is 3.28. The standard InChI is InChI=1S/C20H20F3N3/c21-20(22,23)15-11-9-14(10-12-15)18-19(24-16-6-2-1-3-7-16)26-13-5-4-8-17(26)25-18/h4-5,8-13,16,24H,1-3,6-7H2. The highest BCUT2D eigenvalue weighted by Crippen LogP contribution is 2.34. The number of imidazole rings is 1. The summed E-state index contributed by atoms with van der Waals surface area (Å²) in [4.78, 5) is 4.66. The van der Waals surface area contributed by atoms with Gasteiger partial charge in [-0.25, -0.2) is 4.98 Å². The molecule has 1 N–H and O–H groups in total. The number of benzene rings is 1. The molecule has 0 radical (unpaired) electrons. The first-order valence-corrected chi connectivity index (χ1v) is 8.93. The lowest BCUT2D eigenvalue weighted by Gasteiger charge is -2.24. The highest BCUT2D eigenvalue weighted by molar-refractivity contribution is 5.76. The zero-order valence-electron chi connectivity index (χ0n) is 14.3. The van der Waals surface area contributed by atoms with Gasteiger partial charge in [-0.2, -0.15) is 13.2 Å². The van der Waals surface area contributed by atoms with E-state index in [9.17, 15) is 13.2 Å². The molecule has 1 saturated carbocycles.